The van der Waals surface area contributed by atoms with Gasteiger partial charge in [0.1, 0.15) is 0 Å². The molecule has 0 bridgehead atoms. The number of carbonyl (C=O) groups excluding carboxylic acids is 1. The molecule has 0 fully saturated rings. The van der Waals surface area contributed by atoms with Crippen LogP contribution in [0.3, 0.4) is 0 Å². The molecule has 1 atom stereocenters. The highest BCUT2D eigenvalue weighted by atomic mass is 35.5. The first kappa shape index (κ1) is 17.3. The van der Waals surface area contributed by atoms with Gasteiger partial charge in [-0.1, -0.05) is 23.7 Å². The Morgan fingerprint density at radius 1 is 1.35 bits per heavy atom. The molecule has 1 amide bonds. The molecule has 0 aliphatic rings. The smallest absolute Gasteiger partial charge is 0.345 e. The summed E-state index contributed by atoms with van der Waals surface area (Å²) < 4.78 is 39.9. The van der Waals surface area contributed by atoms with E-state index in [2.05, 4.69) is 10.4 Å². The standard InChI is InChI=1S/C15H15ClF3N3O/c1-9-12(8-20-22(9)2)14(23)21-13(7-15(17,18)19)10-3-5-11(16)6-4-10/h3-6,8,13H,7H2,1-2H3,(H,21,23)/t13-/m0/s1. The summed E-state index contributed by atoms with van der Waals surface area (Å²) in [6.45, 7) is 1.67. The molecule has 1 aromatic carbocycles. The molecule has 1 heterocycles. The summed E-state index contributed by atoms with van der Waals surface area (Å²) >= 11 is 5.75. The minimum Gasteiger partial charge on any atom is -0.345 e. The average Bonchev–Trinajstić information content (AvgIpc) is 2.77. The van der Waals surface area contributed by atoms with Crippen LogP contribution in [0.5, 0.6) is 0 Å². The lowest BCUT2D eigenvalue weighted by atomic mass is 10.0. The number of rotatable bonds is 4. The maximum atomic E-state index is 12.8. The number of carbonyl (C=O) groups is 1. The summed E-state index contributed by atoms with van der Waals surface area (Å²) in [7, 11) is 1.65. The molecule has 0 aliphatic carbocycles. The van der Waals surface area contributed by atoms with Crippen molar-refractivity contribution in [2.45, 2.75) is 25.6 Å². The highest BCUT2D eigenvalue weighted by molar-refractivity contribution is 6.30. The number of alkyl halides is 3. The van der Waals surface area contributed by atoms with E-state index in [0.717, 1.165) is 0 Å². The summed E-state index contributed by atoms with van der Waals surface area (Å²) in [6.07, 6.45) is -4.25. The molecule has 4 nitrogen and oxygen atoms in total. The summed E-state index contributed by atoms with van der Waals surface area (Å²) in [5.41, 5.74) is 1.15. The van der Waals surface area contributed by atoms with Gasteiger partial charge in [-0.2, -0.15) is 18.3 Å². The summed E-state index contributed by atoms with van der Waals surface area (Å²) in [5, 5.41) is 6.76. The van der Waals surface area contributed by atoms with Crippen LogP contribution >= 0.6 is 11.6 Å². The van der Waals surface area contributed by atoms with Crippen LogP contribution in [0.25, 0.3) is 0 Å². The average molecular weight is 346 g/mol. The maximum absolute atomic E-state index is 12.8. The van der Waals surface area contributed by atoms with Gasteiger partial charge in [-0.25, -0.2) is 0 Å². The van der Waals surface area contributed by atoms with Gasteiger partial charge in [0.25, 0.3) is 5.91 Å². The third-order valence-electron chi connectivity index (χ3n) is 3.49. The minimum atomic E-state index is -4.42. The summed E-state index contributed by atoms with van der Waals surface area (Å²) in [5.74, 6) is -0.597. The van der Waals surface area contributed by atoms with Crippen LogP contribution in [0, 0.1) is 6.92 Å². The van der Waals surface area contributed by atoms with Crippen LogP contribution in [-0.2, 0) is 7.05 Å². The number of benzene rings is 1. The molecule has 8 heteroatoms. The lowest BCUT2D eigenvalue weighted by Gasteiger charge is -2.20. The molecule has 23 heavy (non-hydrogen) atoms. The van der Waals surface area contributed by atoms with Gasteiger partial charge >= 0.3 is 6.18 Å². The third-order valence-corrected chi connectivity index (χ3v) is 3.75. The van der Waals surface area contributed by atoms with E-state index < -0.39 is 24.5 Å². The molecule has 124 valence electrons. The molecule has 2 rings (SSSR count). The molecule has 0 aliphatic heterocycles. The van der Waals surface area contributed by atoms with Crippen molar-refractivity contribution in [2.24, 2.45) is 7.05 Å². The van der Waals surface area contributed by atoms with E-state index in [4.69, 9.17) is 11.6 Å². The van der Waals surface area contributed by atoms with Crippen molar-refractivity contribution in [1.82, 2.24) is 15.1 Å². The zero-order valence-electron chi connectivity index (χ0n) is 12.5. The van der Waals surface area contributed by atoms with Gasteiger partial charge in [0.05, 0.1) is 24.2 Å². The summed E-state index contributed by atoms with van der Waals surface area (Å²) in [4.78, 5) is 12.3. The largest absolute Gasteiger partial charge is 0.391 e. The molecule has 1 aromatic heterocycles. The number of halogens is 4. The van der Waals surface area contributed by atoms with E-state index in [-0.39, 0.29) is 5.56 Å². The van der Waals surface area contributed by atoms with Crippen molar-refractivity contribution in [3.05, 3.63) is 52.3 Å². The Bertz CT molecular complexity index is 695. The second kappa shape index (κ2) is 6.62. The monoisotopic (exact) mass is 345 g/mol. The fourth-order valence-electron chi connectivity index (χ4n) is 2.14. The predicted octanol–water partition coefficient (Wildman–Crippen LogP) is 3.81. The Morgan fingerprint density at radius 3 is 2.43 bits per heavy atom. The van der Waals surface area contributed by atoms with Gasteiger partial charge in [0, 0.05) is 17.8 Å². The van der Waals surface area contributed by atoms with Crippen LogP contribution in [-0.4, -0.2) is 21.9 Å². The number of nitrogens with one attached hydrogen (secondary N) is 1. The Morgan fingerprint density at radius 2 is 1.96 bits per heavy atom. The van der Waals surface area contributed by atoms with Gasteiger partial charge in [0.15, 0.2) is 0 Å². The SMILES string of the molecule is Cc1c(C(=O)N[C@@H](CC(F)(F)F)c2ccc(Cl)cc2)cnn1C. The molecule has 0 radical (unpaired) electrons. The van der Waals surface area contributed by atoms with Gasteiger partial charge in [-0.05, 0) is 24.6 Å². The van der Waals surface area contributed by atoms with Gasteiger partial charge in [0.2, 0.25) is 0 Å². The summed E-state index contributed by atoms with van der Waals surface area (Å²) in [6, 6.07) is 4.72. The van der Waals surface area contributed by atoms with Crippen molar-refractivity contribution >= 4 is 17.5 Å². The zero-order valence-corrected chi connectivity index (χ0v) is 13.2. The lowest BCUT2D eigenvalue weighted by molar-refractivity contribution is -0.139. The number of aromatic nitrogens is 2. The van der Waals surface area contributed by atoms with Crippen LogP contribution in [0.1, 0.15) is 34.1 Å². The number of hydrogen-bond acceptors (Lipinski definition) is 2. The van der Waals surface area contributed by atoms with E-state index >= 15 is 0 Å². The fourth-order valence-corrected chi connectivity index (χ4v) is 2.26. The minimum absolute atomic E-state index is 0.244. The van der Waals surface area contributed by atoms with E-state index in [9.17, 15) is 18.0 Å². The fraction of sp³-hybridized carbons (Fsp3) is 0.333. The first-order valence-electron chi connectivity index (χ1n) is 6.79. The van der Waals surface area contributed by atoms with Crippen molar-refractivity contribution in [1.29, 1.82) is 0 Å². The molecule has 2 aromatic rings. The van der Waals surface area contributed by atoms with Crippen molar-refractivity contribution in [3.63, 3.8) is 0 Å². The van der Waals surface area contributed by atoms with E-state index in [1.807, 2.05) is 0 Å². The quantitative estimate of drug-likeness (QED) is 0.916. The Hall–Kier alpha value is -2.02. The Kier molecular flexibility index (Phi) is 4.99. The van der Waals surface area contributed by atoms with Crippen LogP contribution < -0.4 is 5.32 Å². The van der Waals surface area contributed by atoms with Crippen molar-refractivity contribution in [3.8, 4) is 0 Å². The van der Waals surface area contributed by atoms with E-state index in [0.29, 0.717) is 16.3 Å². The van der Waals surface area contributed by atoms with Gasteiger partial charge < -0.3 is 5.32 Å². The highest BCUT2D eigenvalue weighted by Crippen LogP contribution is 2.30. The number of nitrogens with zero attached hydrogens (tertiary/aromatic N) is 2. The Balaban J connectivity index is 2.25. The highest BCUT2D eigenvalue weighted by Gasteiger charge is 2.34. The van der Waals surface area contributed by atoms with Crippen LogP contribution in [0.4, 0.5) is 13.2 Å². The molecule has 0 unspecified atom stereocenters. The van der Waals surface area contributed by atoms with Crippen molar-refractivity contribution in [2.75, 3.05) is 0 Å². The predicted molar refractivity (Wildman–Crippen MR) is 80.3 cm³/mol. The molecule has 1 N–H and O–H groups in total. The van der Waals surface area contributed by atoms with Crippen molar-refractivity contribution < 1.29 is 18.0 Å². The topological polar surface area (TPSA) is 46.9 Å². The van der Waals surface area contributed by atoms with E-state index in [1.165, 1.54) is 35.1 Å². The molecule has 0 saturated carbocycles. The van der Waals surface area contributed by atoms with Gasteiger partial charge in [-0.3, -0.25) is 9.48 Å². The lowest BCUT2D eigenvalue weighted by Crippen LogP contribution is -2.32. The first-order valence-corrected chi connectivity index (χ1v) is 7.17. The van der Waals surface area contributed by atoms with Crippen LogP contribution in [0.15, 0.2) is 30.5 Å². The zero-order chi connectivity index (χ0) is 17.2. The number of hydrogen-bond donors (Lipinski definition) is 1. The first-order chi connectivity index (χ1) is 10.7. The molecule has 0 spiro atoms. The Labute approximate surface area is 136 Å². The normalized spacial score (nSPS) is 13.0. The molecular weight excluding hydrogens is 331 g/mol. The van der Waals surface area contributed by atoms with Gasteiger partial charge in [-0.15, -0.1) is 0 Å². The molecule has 0 saturated heterocycles. The second-order valence-corrected chi connectivity index (χ2v) is 5.60. The molecular formula is C15H15ClF3N3O. The van der Waals surface area contributed by atoms with Crippen LogP contribution in [0.2, 0.25) is 5.02 Å². The van der Waals surface area contributed by atoms with E-state index in [1.54, 1.807) is 14.0 Å². The maximum Gasteiger partial charge on any atom is 0.391 e. The number of aryl methyl sites for hydroxylation is 1. The third kappa shape index (κ3) is 4.48. The number of amides is 1. The second-order valence-electron chi connectivity index (χ2n) is 5.16.